The van der Waals surface area contributed by atoms with E-state index in [2.05, 4.69) is 5.32 Å². The molecule has 0 saturated carbocycles. The molecule has 0 bridgehead atoms. The molecule has 0 heterocycles. The van der Waals surface area contributed by atoms with Gasteiger partial charge in [-0.25, -0.2) is 16.8 Å². The average Bonchev–Trinajstić information content (AvgIpc) is 2.78. The van der Waals surface area contributed by atoms with Gasteiger partial charge >= 0.3 is 0 Å². The number of anilines is 1. The summed E-state index contributed by atoms with van der Waals surface area (Å²) in [6, 6.07) is 19.7. The molecule has 1 atom stereocenters. The number of benzene rings is 3. The Bertz CT molecular complexity index is 1330. The maximum absolute atomic E-state index is 13.3. The maximum atomic E-state index is 13.3. The number of nitrogens with zero attached hydrogens (tertiary/aromatic N) is 1. The summed E-state index contributed by atoms with van der Waals surface area (Å²) < 4.78 is 50.9. The highest BCUT2D eigenvalue weighted by atomic mass is 35.5. The highest BCUT2D eigenvalue weighted by molar-refractivity contribution is 7.93. The predicted octanol–water partition coefficient (Wildman–Crippen LogP) is 3.82. The van der Waals surface area contributed by atoms with Gasteiger partial charge in [0.2, 0.25) is 5.91 Å². The Morgan fingerprint density at radius 1 is 0.879 bits per heavy atom. The topological polar surface area (TPSA) is 101 Å². The van der Waals surface area contributed by atoms with Gasteiger partial charge in [-0.3, -0.25) is 9.10 Å². The molecule has 174 valence electrons. The fourth-order valence-electron chi connectivity index (χ4n) is 3.15. The van der Waals surface area contributed by atoms with Gasteiger partial charge < -0.3 is 5.32 Å². The molecule has 3 aromatic rings. The number of sulfonamides is 1. The van der Waals surface area contributed by atoms with E-state index in [1.54, 1.807) is 49.4 Å². The van der Waals surface area contributed by atoms with Crippen molar-refractivity contribution in [1.29, 1.82) is 0 Å². The molecule has 10 heteroatoms. The predicted molar refractivity (Wildman–Crippen MR) is 129 cm³/mol. The Morgan fingerprint density at radius 3 is 2.00 bits per heavy atom. The quantitative estimate of drug-likeness (QED) is 0.500. The molecule has 3 rings (SSSR count). The van der Waals surface area contributed by atoms with Gasteiger partial charge in [-0.05, 0) is 61.0 Å². The van der Waals surface area contributed by atoms with E-state index in [9.17, 15) is 21.6 Å². The second kappa shape index (κ2) is 9.94. The van der Waals surface area contributed by atoms with Gasteiger partial charge in [0, 0.05) is 11.3 Å². The van der Waals surface area contributed by atoms with Crippen molar-refractivity contribution >= 4 is 43.1 Å². The molecular weight excluding hydrogens is 484 g/mol. The number of carbonyl (C=O) groups is 1. The van der Waals surface area contributed by atoms with Crippen molar-refractivity contribution in [3.05, 3.63) is 89.4 Å². The Hall–Kier alpha value is -2.88. The van der Waals surface area contributed by atoms with Crippen molar-refractivity contribution < 1.29 is 21.6 Å². The lowest BCUT2D eigenvalue weighted by molar-refractivity contribution is -0.120. The maximum Gasteiger partial charge on any atom is 0.264 e. The molecular formula is C23H23ClN2O5S2. The zero-order chi connectivity index (χ0) is 24.2. The summed E-state index contributed by atoms with van der Waals surface area (Å²) in [5.74, 6) is -0.524. The van der Waals surface area contributed by atoms with Gasteiger partial charge in [0.05, 0.1) is 21.5 Å². The van der Waals surface area contributed by atoms with Gasteiger partial charge in [0.15, 0.2) is 9.84 Å². The molecule has 0 radical (unpaired) electrons. The van der Waals surface area contributed by atoms with Gasteiger partial charge in [-0.1, -0.05) is 41.9 Å². The largest absolute Gasteiger partial charge is 0.348 e. The number of carbonyl (C=O) groups excluding carboxylic acids is 1. The van der Waals surface area contributed by atoms with E-state index < -0.39 is 38.4 Å². The van der Waals surface area contributed by atoms with Crippen LogP contribution >= 0.6 is 11.6 Å². The SMILES string of the molecule is C[C@@H](NC(=O)CN(c1ccc(Cl)cc1)S(=O)(=O)c1ccccc1)c1ccc(S(C)(=O)=O)cc1. The van der Waals surface area contributed by atoms with Crippen LogP contribution < -0.4 is 9.62 Å². The highest BCUT2D eigenvalue weighted by Gasteiger charge is 2.27. The van der Waals surface area contributed by atoms with E-state index in [4.69, 9.17) is 11.6 Å². The third-order valence-electron chi connectivity index (χ3n) is 4.92. The van der Waals surface area contributed by atoms with Crippen molar-refractivity contribution in [3.63, 3.8) is 0 Å². The van der Waals surface area contributed by atoms with Crippen LogP contribution in [0.1, 0.15) is 18.5 Å². The van der Waals surface area contributed by atoms with Crippen LogP contribution in [-0.4, -0.2) is 35.5 Å². The third kappa shape index (κ3) is 6.13. The smallest absolute Gasteiger partial charge is 0.264 e. The number of hydrogen-bond donors (Lipinski definition) is 1. The van der Waals surface area contributed by atoms with E-state index in [1.807, 2.05) is 0 Å². The number of hydrogen-bond acceptors (Lipinski definition) is 5. The van der Waals surface area contributed by atoms with Gasteiger partial charge in [-0.15, -0.1) is 0 Å². The zero-order valence-electron chi connectivity index (χ0n) is 18.0. The Labute approximate surface area is 199 Å². The fraction of sp³-hybridized carbons (Fsp3) is 0.174. The molecule has 1 amide bonds. The summed E-state index contributed by atoms with van der Waals surface area (Å²) in [4.78, 5) is 13.1. The second-order valence-electron chi connectivity index (χ2n) is 7.43. The molecule has 0 aliphatic heterocycles. The lowest BCUT2D eigenvalue weighted by Crippen LogP contribution is -2.41. The Kier molecular flexibility index (Phi) is 7.46. The molecule has 1 N–H and O–H groups in total. The van der Waals surface area contributed by atoms with E-state index in [1.165, 1.54) is 36.4 Å². The molecule has 3 aromatic carbocycles. The number of sulfone groups is 1. The van der Waals surface area contributed by atoms with Crippen LogP contribution in [0.4, 0.5) is 5.69 Å². The van der Waals surface area contributed by atoms with Gasteiger partial charge in [0.25, 0.3) is 10.0 Å². The van der Waals surface area contributed by atoms with Crippen molar-refractivity contribution in [1.82, 2.24) is 5.32 Å². The first-order valence-electron chi connectivity index (χ1n) is 9.91. The molecule has 0 aliphatic rings. The summed E-state index contributed by atoms with van der Waals surface area (Å²) in [6.45, 7) is 1.27. The van der Waals surface area contributed by atoms with Crippen LogP contribution in [0.5, 0.6) is 0 Å². The Balaban J connectivity index is 1.84. The number of nitrogens with one attached hydrogen (secondary N) is 1. The van der Waals surface area contributed by atoms with E-state index in [0.717, 1.165) is 10.6 Å². The number of halogens is 1. The average molecular weight is 507 g/mol. The van der Waals surface area contributed by atoms with Crippen molar-refractivity contribution in [3.8, 4) is 0 Å². The zero-order valence-corrected chi connectivity index (χ0v) is 20.4. The van der Waals surface area contributed by atoms with Crippen LogP contribution in [0.15, 0.2) is 88.7 Å². The van der Waals surface area contributed by atoms with Crippen LogP contribution in [0, 0.1) is 0 Å². The molecule has 33 heavy (non-hydrogen) atoms. The van der Waals surface area contributed by atoms with Crippen LogP contribution in [0.3, 0.4) is 0 Å². The van der Waals surface area contributed by atoms with Crippen molar-refractivity contribution in [2.24, 2.45) is 0 Å². The lowest BCUT2D eigenvalue weighted by atomic mass is 10.1. The molecule has 0 saturated heterocycles. The first-order valence-corrected chi connectivity index (χ1v) is 13.6. The van der Waals surface area contributed by atoms with Crippen molar-refractivity contribution in [2.45, 2.75) is 22.8 Å². The molecule has 7 nitrogen and oxygen atoms in total. The van der Waals surface area contributed by atoms with E-state index in [-0.39, 0.29) is 9.79 Å². The summed E-state index contributed by atoms with van der Waals surface area (Å²) in [6.07, 6.45) is 1.12. The molecule has 0 unspecified atom stereocenters. The Morgan fingerprint density at radius 2 is 1.45 bits per heavy atom. The third-order valence-corrected chi connectivity index (χ3v) is 8.09. The van der Waals surface area contributed by atoms with Crippen LogP contribution in [0.2, 0.25) is 5.02 Å². The minimum absolute atomic E-state index is 0.0529. The second-order valence-corrected chi connectivity index (χ2v) is 11.7. The van der Waals surface area contributed by atoms with Gasteiger partial charge in [-0.2, -0.15) is 0 Å². The van der Waals surface area contributed by atoms with Crippen molar-refractivity contribution in [2.75, 3.05) is 17.1 Å². The molecule has 0 aromatic heterocycles. The molecule has 0 aliphatic carbocycles. The van der Waals surface area contributed by atoms with Crippen LogP contribution in [-0.2, 0) is 24.7 Å². The summed E-state index contributed by atoms with van der Waals surface area (Å²) in [5.41, 5.74) is 0.975. The van der Waals surface area contributed by atoms with Gasteiger partial charge in [0.1, 0.15) is 6.54 Å². The summed E-state index contributed by atoms with van der Waals surface area (Å²) in [5, 5.41) is 3.21. The minimum Gasteiger partial charge on any atom is -0.348 e. The number of amides is 1. The monoisotopic (exact) mass is 506 g/mol. The minimum atomic E-state index is -4.02. The summed E-state index contributed by atoms with van der Waals surface area (Å²) >= 11 is 5.94. The standard InChI is InChI=1S/C23H23ClN2O5S2/c1-17(18-8-14-21(15-9-18)32(2,28)29)25-23(27)16-26(20-12-10-19(24)11-13-20)33(30,31)22-6-4-3-5-7-22/h3-15,17H,16H2,1-2H3,(H,25,27)/t17-/m1/s1. The highest BCUT2D eigenvalue weighted by Crippen LogP contribution is 2.25. The number of rotatable bonds is 8. The van der Waals surface area contributed by atoms with E-state index >= 15 is 0 Å². The molecule has 0 fully saturated rings. The first kappa shape index (κ1) is 24.8. The lowest BCUT2D eigenvalue weighted by Gasteiger charge is -2.25. The normalized spacial score (nSPS) is 12.7. The summed E-state index contributed by atoms with van der Waals surface area (Å²) in [7, 11) is -7.35. The fourth-order valence-corrected chi connectivity index (χ4v) is 5.35. The van der Waals surface area contributed by atoms with E-state index in [0.29, 0.717) is 16.3 Å². The first-order chi connectivity index (χ1) is 15.5. The molecule has 0 spiro atoms. The van der Waals surface area contributed by atoms with Crippen LogP contribution in [0.25, 0.3) is 0 Å².